The molecule has 0 aromatic heterocycles. The molecule has 0 spiro atoms. The predicted molar refractivity (Wildman–Crippen MR) is 68.6 cm³/mol. The minimum absolute atomic E-state index is 0.0276. The quantitative estimate of drug-likeness (QED) is 0.774. The SMILES string of the molecule is CC(C)(C)OC(=O)[C@@H]1CC(=O)c2ccccc2N1. The van der Waals surface area contributed by atoms with Crippen molar-refractivity contribution in [3.8, 4) is 0 Å². The summed E-state index contributed by atoms with van der Waals surface area (Å²) in [7, 11) is 0. The largest absolute Gasteiger partial charge is 0.458 e. The average Bonchev–Trinajstić information content (AvgIpc) is 2.26. The van der Waals surface area contributed by atoms with Gasteiger partial charge in [-0.1, -0.05) is 12.1 Å². The third kappa shape index (κ3) is 2.70. The van der Waals surface area contributed by atoms with Gasteiger partial charge >= 0.3 is 5.97 Å². The monoisotopic (exact) mass is 247 g/mol. The predicted octanol–water partition coefficient (Wildman–Crippen LogP) is 2.40. The zero-order valence-electron chi connectivity index (χ0n) is 10.8. The van der Waals surface area contributed by atoms with E-state index in [1.54, 1.807) is 12.1 Å². The summed E-state index contributed by atoms with van der Waals surface area (Å²) in [6, 6.07) is 6.61. The number of para-hydroxylation sites is 1. The van der Waals surface area contributed by atoms with Gasteiger partial charge in [0.25, 0.3) is 0 Å². The first-order valence-corrected chi connectivity index (χ1v) is 5.98. The maximum atomic E-state index is 11.9. The molecule has 96 valence electrons. The van der Waals surface area contributed by atoms with E-state index in [1.807, 2.05) is 32.9 Å². The molecule has 0 aliphatic carbocycles. The Morgan fingerprint density at radius 1 is 1.33 bits per heavy atom. The summed E-state index contributed by atoms with van der Waals surface area (Å²) >= 11 is 0. The van der Waals surface area contributed by atoms with Crippen molar-refractivity contribution in [2.75, 3.05) is 5.32 Å². The van der Waals surface area contributed by atoms with Crippen molar-refractivity contribution < 1.29 is 14.3 Å². The molecule has 0 saturated heterocycles. The van der Waals surface area contributed by atoms with Crippen LogP contribution in [0.25, 0.3) is 0 Å². The van der Waals surface area contributed by atoms with Crippen LogP contribution in [0, 0.1) is 0 Å². The number of hydrogen-bond donors (Lipinski definition) is 1. The van der Waals surface area contributed by atoms with E-state index in [2.05, 4.69) is 5.32 Å². The van der Waals surface area contributed by atoms with Crippen LogP contribution in [0.1, 0.15) is 37.6 Å². The zero-order chi connectivity index (χ0) is 13.3. The molecule has 0 saturated carbocycles. The average molecular weight is 247 g/mol. The first kappa shape index (κ1) is 12.6. The summed E-state index contributed by atoms with van der Waals surface area (Å²) < 4.78 is 5.29. The summed E-state index contributed by atoms with van der Waals surface area (Å²) in [4.78, 5) is 23.9. The van der Waals surface area contributed by atoms with Gasteiger partial charge in [0, 0.05) is 17.7 Å². The van der Waals surface area contributed by atoms with Crippen LogP contribution in [-0.2, 0) is 9.53 Å². The molecule has 1 aromatic rings. The fourth-order valence-corrected chi connectivity index (χ4v) is 1.90. The van der Waals surface area contributed by atoms with E-state index in [4.69, 9.17) is 4.74 Å². The molecule has 0 unspecified atom stereocenters. The molecular formula is C14H17NO3. The van der Waals surface area contributed by atoms with Crippen molar-refractivity contribution in [1.29, 1.82) is 0 Å². The standard InChI is InChI=1S/C14H17NO3/c1-14(2,3)18-13(17)11-8-12(16)9-6-4-5-7-10(9)15-11/h4-7,11,15H,8H2,1-3H3/t11-/m0/s1. The minimum Gasteiger partial charge on any atom is -0.458 e. The van der Waals surface area contributed by atoms with Crippen molar-refractivity contribution >= 4 is 17.4 Å². The lowest BCUT2D eigenvalue weighted by atomic mass is 9.97. The highest BCUT2D eigenvalue weighted by molar-refractivity contribution is 6.06. The maximum Gasteiger partial charge on any atom is 0.329 e. The van der Waals surface area contributed by atoms with Crippen molar-refractivity contribution in [3.63, 3.8) is 0 Å². The van der Waals surface area contributed by atoms with Gasteiger partial charge in [0.05, 0.1) is 0 Å². The third-order valence-electron chi connectivity index (χ3n) is 2.64. The van der Waals surface area contributed by atoms with Crippen LogP contribution in [0.5, 0.6) is 0 Å². The van der Waals surface area contributed by atoms with Gasteiger partial charge in [0.2, 0.25) is 0 Å². The van der Waals surface area contributed by atoms with Crippen molar-refractivity contribution in [3.05, 3.63) is 29.8 Å². The Morgan fingerprint density at radius 2 is 2.00 bits per heavy atom. The summed E-state index contributed by atoms with van der Waals surface area (Å²) in [5.74, 6) is -0.412. The van der Waals surface area contributed by atoms with E-state index in [-0.39, 0.29) is 18.2 Å². The Hall–Kier alpha value is -1.84. The van der Waals surface area contributed by atoms with E-state index in [0.29, 0.717) is 11.3 Å². The number of fused-ring (bicyclic) bond motifs is 1. The number of anilines is 1. The molecule has 2 rings (SSSR count). The molecule has 1 heterocycles. The lowest BCUT2D eigenvalue weighted by Gasteiger charge is -2.28. The van der Waals surface area contributed by atoms with E-state index in [1.165, 1.54) is 0 Å². The number of Topliss-reactive ketones (excluding diaryl/α,β-unsaturated/α-hetero) is 1. The smallest absolute Gasteiger partial charge is 0.329 e. The Labute approximate surface area is 106 Å². The van der Waals surface area contributed by atoms with Gasteiger partial charge in [0.1, 0.15) is 11.6 Å². The van der Waals surface area contributed by atoms with E-state index < -0.39 is 11.6 Å². The van der Waals surface area contributed by atoms with Gasteiger partial charge in [-0.05, 0) is 32.9 Å². The van der Waals surface area contributed by atoms with Gasteiger partial charge in [0.15, 0.2) is 5.78 Å². The maximum absolute atomic E-state index is 11.9. The van der Waals surface area contributed by atoms with Crippen LogP contribution in [0.3, 0.4) is 0 Å². The summed E-state index contributed by atoms with van der Waals surface area (Å²) in [6.07, 6.45) is 0.145. The second kappa shape index (κ2) is 4.44. The number of ketones is 1. The lowest BCUT2D eigenvalue weighted by molar-refractivity contribution is -0.155. The van der Waals surface area contributed by atoms with Gasteiger partial charge in [-0.25, -0.2) is 4.79 Å². The first-order valence-electron chi connectivity index (χ1n) is 5.98. The normalized spacial score (nSPS) is 18.8. The van der Waals surface area contributed by atoms with E-state index in [0.717, 1.165) is 0 Å². The van der Waals surface area contributed by atoms with Gasteiger partial charge in [-0.15, -0.1) is 0 Å². The molecule has 0 fully saturated rings. The van der Waals surface area contributed by atoms with Crippen molar-refractivity contribution in [2.45, 2.75) is 38.8 Å². The van der Waals surface area contributed by atoms with Crippen molar-refractivity contribution in [1.82, 2.24) is 0 Å². The van der Waals surface area contributed by atoms with Crippen LogP contribution in [0.2, 0.25) is 0 Å². The number of nitrogens with one attached hydrogen (secondary N) is 1. The molecule has 1 aliphatic heterocycles. The fraction of sp³-hybridized carbons (Fsp3) is 0.429. The van der Waals surface area contributed by atoms with Gasteiger partial charge in [-0.3, -0.25) is 4.79 Å². The highest BCUT2D eigenvalue weighted by atomic mass is 16.6. The molecule has 1 aromatic carbocycles. The highest BCUT2D eigenvalue weighted by Gasteiger charge is 2.32. The van der Waals surface area contributed by atoms with Crippen LogP contribution in [-0.4, -0.2) is 23.4 Å². The molecule has 1 aliphatic rings. The number of carbonyl (C=O) groups excluding carboxylic acids is 2. The Bertz CT molecular complexity index is 488. The number of rotatable bonds is 1. The molecular weight excluding hydrogens is 230 g/mol. The zero-order valence-corrected chi connectivity index (χ0v) is 10.8. The van der Waals surface area contributed by atoms with E-state index in [9.17, 15) is 9.59 Å². The van der Waals surface area contributed by atoms with Gasteiger partial charge < -0.3 is 10.1 Å². The number of carbonyl (C=O) groups is 2. The summed E-state index contributed by atoms with van der Waals surface area (Å²) in [5.41, 5.74) is 0.792. The van der Waals surface area contributed by atoms with Crippen LogP contribution in [0.15, 0.2) is 24.3 Å². The summed E-state index contributed by atoms with van der Waals surface area (Å²) in [6.45, 7) is 5.43. The number of benzene rings is 1. The second-order valence-electron chi connectivity index (χ2n) is 5.40. The molecule has 4 nitrogen and oxygen atoms in total. The molecule has 1 atom stereocenters. The minimum atomic E-state index is -0.591. The Kier molecular flexibility index (Phi) is 3.11. The molecule has 0 amide bonds. The highest BCUT2D eigenvalue weighted by Crippen LogP contribution is 2.25. The van der Waals surface area contributed by atoms with Crippen LogP contribution in [0.4, 0.5) is 5.69 Å². The topological polar surface area (TPSA) is 55.4 Å². The lowest BCUT2D eigenvalue weighted by Crippen LogP contribution is -2.40. The molecule has 1 N–H and O–H groups in total. The second-order valence-corrected chi connectivity index (χ2v) is 5.40. The van der Waals surface area contributed by atoms with Crippen LogP contribution >= 0.6 is 0 Å². The molecule has 18 heavy (non-hydrogen) atoms. The molecule has 0 bridgehead atoms. The Balaban J connectivity index is 2.16. The van der Waals surface area contributed by atoms with Crippen molar-refractivity contribution in [2.24, 2.45) is 0 Å². The number of hydrogen-bond acceptors (Lipinski definition) is 4. The van der Waals surface area contributed by atoms with E-state index >= 15 is 0 Å². The Morgan fingerprint density at radius 3 is 2.67 bits per heavy atom. The first-order chi connectivity index (χ1) is 8.37. The van der Waals surface area contributed by atoms with Crippen LogP contribution < -0.4 is 5.32 Å². The fourth-order valence-electron chi connectivity index (χ4n) is 1.90. The molecule has 0 radical (unpaired) electrons. The summed E-state index contributed by atoms with van der Waals surface area (Å²) in [5, 5.41) is 3.05. The number of ether oxygens (including phenoxy) is 1. The molecule has 4 heteroatoms. The number of esters is 1. The third-order valence-corrected chi connectivity index (χ3v) is 2.64. The van der Waals surface area contributed by atoms with Gasteiger partial charge in [-0.2, -0.15) is 0 Å².